The maximum Gasteiger partial charge on any atom is 0.261 e. The highest BCUT2D eigenvalue weighted by atomic mass is 35.5. The van der Waals surface area contributed by atoms with Crippen LogP contribution in [0.4, 0.5) is 0 Å². The van der Waals surface area contributed by atoms with Crippen molar-refractivity contribution in [1.82, 2.24) is 19.6 Å². The summed E-state index contributed by atoms with van der Waals surface area (Å²) in [4.78, 5) is 17.2. The third-order valence-electron chi connectivity index (χ3n) is 4.40. The second-order valence-corrected chi connectivity index (χ2v) is 8.58. The average molecular weight is 421 g/mol. The molecule has 3 rings (SSSR count). The van der Waals surface area contributed by atoms with Gasteiger partial charge in [-0.25, -0.2) is 18.1 Å². The highest BCUT2D eigenvalue weighted by molar-refractivity contribution is 7.89. The maximum absolute atomic E-state index is 12.5. The second kappa shape index (κ2) is 8.40. The SMILES string of the molecule is CC(NCCNS(=O)(=O)c1ccc(Cl)cc1)c1nc2ccccc2c(=O)n1C. The molecule has 1 atom stereocenters. The first-order valence-electron chi connectivity index (χ1n) is 8.74. The van der Waals surface area contributed by atoms with Crippen molar-refractivity contribution in [3.8, 4) is 0 Å². The van der Waals surface area contributed by atoms with E-state index in [1.54, 1.807) is 25.2 Å². The van der Waals surface area contributed by atoms with E-state index in [1.807, 2.05) is 13.0 Å². The number of nitrogens with zero attached hydrogens (tertiary/aromatic N) is 2. The van der Waals surface area contributed by atoms with E-state index in [1.165, 1.54) is 28.8 Å². The molecule has 0 saturated heterocycles. The minimum Gasteiger partial charge on any atom is -0.306 e. The van der Waals surface area contributed by atoms with E-state index in [0.29, 0.717) is 28.3 Å². The van der Waals surface area contributed by atoms with Gasteiger partial charge in [0.15, 0.2) is 0 Å². The van der Waals surface area contributed by atoms with E-state index in [9.17, 15) is 13.2 Å². The topological polar surface area (TPSA) is 93.1 Å². The number of fused-ring (bicyclic) bond motifs is 1. The van der Waals surface area contributed by atoms with Gasteiger partial charge in [0.25, 0.3) is 5.56 Å². The van der Waals surface area contributed by atoms with Gasteiger partial charge in [0.1, 0.15) is 5.82 Å². The quantitative estimate of drug-likeness (QED) is 0.571. The average Bonchev–Trinajstić information content (AvgIpc) is 2.68. The molecule has 0 aliphatic rings. The number of aromatic nitrogens is 2. The third-order valence-corrected chi connectivity index (χ3v) is 6.13. The van der Waals surface area contributed by atoms with Crippen LogP contribution < -0.4 is 15.6 Å². The van der Waals surface area contributed by atoms with Crippen molar-refractivity contribution >= 4 is 32.5 Å². The van der Waals surface area contributed by atoms with Gasteiger partial charge in [-0.3, -0.25) is 9.36 Å². The molecule has 0 fully saturated rings. The van der Waals surface area contributed by atoms with Crippen molar-refractivity contribution in [2.24, 2.45) is 7.05 Å². The zero-order valence-electron chi connectivity index (χ0n) is 15.5. The summed E-state index contributed by atoms with van der Waals surface area (Å²) in [5, 5.41) is 4.24. The van der Waals surface area contributed by atoms with Crippen molar-refractivity contribution in [2.45, 2.75) is 17.9 Å². The van der Waals surface area contributed by atoms with Crippen LogP contribution in [0.1, 0.15) is 18.8 Å². The standard InChI is InChI=1S/C19H21ClN4O3S/c1-13(18-23-17-6-4-3-5-16(17)19(25)24(18)2)21-11-12-22-28(26,27)15-9-7-14(20)8-10-15/h3-10,13,21-22H,11-12H2,1-2H3. The van der Waals surface area contributed by atoms with Crippen molar-refractivity contribution < 1.29 is 8.42 Å². The summed E-state index contributed by atoms with van der Waals surface area (Å²) in [6, 6.07) is 12.9. The Bertz CT molecular complexity index is 1140. The Hall–Kier alpha value is -2.26. The minimum atomic E-state index is -3.60. The van der Waals surface area contributed by atoms with E-state index in [2.05, 4.69) is 15.0 Å². The monoisotopic (exact) mass is 420 g/mol. The van der Waals surface area contributed by atoms with Gasteiger partial charge < -0.3 is 5.32 Å². The van der Waals surface area contributed by atoms with Gasteiger partial charge in [-0.15, -0.1) is 0 Å². The van der Waals surface area contributed by atoms with E-state index in [0.717, 1.165) is 0 Å². The summed E-state index contributed by atoms with van der Waals surface area (Å²) in [5.41, 5.74) is 0.524. The highest BCUT2D eigenvalue weighted by Gasteiger charge is 2.15. The van der Waals surface area contributed by atoms with Crippen molar-refractivity contribution in [2.75, 3.05) is 13.1 Å². The molecule has 7 nitrogen and oxygen atoms in total. The lowest BCUT2D eigenvalue weighted by Gasteiger charge is -2.17. The Morgan fingerprint density at radius 3 is 2.50 bits per heavy atom. The van der Waals surface area contributed by atoms with Gasteiger partial charge in [0.05, 0.1) is 21.8 Å². The summed E-state index contributed by atoms with van der Waals surface area (Å²) in [6.45, 7) is 2.44. The summed E-state index contributed by atoms with van der Waals surface area (Å²) in [6.07, 6.45) is 0. The molecule has 1 heterocycles. The third kappa shape index (κ3) is 4.41. The molecule has 28 heavy (non-hydrogen) atoms. The number of para-hydroxylation sites is 1. The summed E-state index contributed by atoms with van der Waals surface area (Å²) in [5.74, 6) is 0.587. The molecule has 0 amide bonds. The van der Waals surface area contributed by atoms with Gasteiger partial charge >= 0.3 is 0 Å². The Morgan fingerprint density at radius 2 is 1.79 bits per heavy atom. The van der Waals surface area contributed by atoms with Gasteiger partial charge in [0.2, 0.25) is 10.0 Å². The molecule has 0 spiro atoms. The number of rotatable bonds is 7. The van der Waals surface area contributed by atoms with E-state index in [4.69, 9.17) is 11.6 Å². The summed E-state index contributed by atoms with van der Waals surface area (Å²) >= 11 is 5.79. The minimum absolute atomic E-state index is 0.113. The number of sulfonamides is 1. The second-order valence-electron chi connectivity index (χ2n) is 6.38. The fraction of sp³-hybridized carbons (Fsp3) is 0.263. The van der Waals surface area contributed by atoms with E-state index in [-0.39, 0.29) is 23.0 Å². The maximum atomic E-state index is 12.5. The highest BCUT2D eigenvalue weighted by Crippen LogP contribution is 2.14. The largest absolute Gasteiger partial charge is 0.306 e. The molecule has 0 saturated carbocycles. The molecule has 0 aliphatic heterocycles. The fourth-order valence-electron chi connectivity index (χ4n) is 2.88. The number of halogens is 1. The first-order valence-corrected chi connectivity index (χ1v) is 10.6. The van der Waals surface area contributed by atoms with Crippen molar-refractivity contribution in [1.29, 1.82) is 0 Å². The van der Waals surface area contributed by atoms with Gasteiger partial charge in [-0.2, -0.15) is 0 Å². The molecule has 0 bridgehead atoms. The zero-order valence-corrected chi connectivity index (χ0v) is 17.1. The number of hydrogen-bond acceptors (Lipinski definition) is 5. The Morgan fingerprint density at radius 1 is 1.11 bits per heavy atom. The molecular weight excluding hydrogens is 400 g/mol. The van der Waals surface area contributed by atoms with Crippen LogP contribution in [0.15, 0.2) is 58.2 Å². The molecule has 0 radical (unpaired) electrons. The molecular formula is C19H21ClN4O3S. The molecule has 9 heteroatoms. The van der Waals surface area contributed by atoms with Crippen LogP contribution >= 0.6 is 11.6 Å². The van der Waals surface area contributed by atoms with E-state index >= 15 is 0 Å². The van der Waals surface area contributed by atoms with Crippen LogP contribution in [0.25, 0.3) is 10.9 Å². The number of benzene rings is 2. The smallest absolute Gasteiger partial charge is 0.261 e. The Kier molecular flexibility index (Phi) is 6.14. The molecule has 1 aromatic heterocycles. The normalized spacial score (nSPS) is 13.0. The Balaban J connectivity index is 1.64. The number of hydrogen-bond donors (Lipinski definition) is 2. The molecule has 1 unspecified atom stereocenters. The van der Waals surface area contributed by atoms with Crippen LogP contribution in [0.5, 0.6) is 0 Å². The molecule has 0 aliphatic carbocycles. The first kappa shape index (κ1) is 20.5. The number of nitrogens with one attached hydrogen (secondary N) is 2. The lowest BCUT2D eigenvalue weighted by molar-refractivity contribution is 0.517. The summed E-state index contributed by atoms with van der Waals surface area (Å²) in [7, 11) is -1.92. The lowest BCUT2D eigenvalue weighted by atomic mass is 10.2. The van der Waals surface area contributed by atoms with Crippen LogP contribution in [-0.4, -0.2) is 31.1 Å². The van der Waals surface area contributed by atoms with Crippen LogP contribution in [-0.2, 0) is 17.1 Å². The molecule has 3 aromatic rings. The fourth-order valence-corrected chi connectivity index (χ4v) is 4.04. The van der Waals surface area contributed by atoms with Crippen LogP contribution in [0, 0.1) is 0 Å². The van der Waals surface area contributed by atoms with E-state index < -0.39 is 10.0 Å². The van der Waals surface area contributed by atoms with Crippen LogP contribution in [0.2, 0.25) is 5.02 Å². The Labute approximate surface area is 168 Å². The molecule has 148 valence electrons. The molecule has 2 N–H and O–H groups in total. The lowest BCUT2D eigenvalue weighted by Crippen LogP contribution is -2.35. The van der Waals surface area contributed by atoms with Gasteiger partial charge in [-0.1, -0.05) is 23.7 Å². The van der Waals surface area contributed by atoms with Gasteiger partial charge in [-0.05, 0) is 43.3 Å². The van der Waals surface area contributed by atoms with Gasteiger partial charge in [0, 0.05) is 25.2 Å². The summed E-state index contributed by atoms with van der Waals surface area (Å²) < 4.78 is 28.6. The van der Waals surface area contributed by atoms with Crippen LogP contribution in [0.3, 0.4) is 0 Å². The molecule has 2 aromatic carbocycles. The predicted octanol–water partition coefficient (Wildman–Crippen LogP) is 2.22. The first-order chi connectivity index (χ1) is 13.3. The van der Waals surface area contributed by atoms with Crippen molar-refractivity contribution in [3.63, 3.8) is 0 Å². The van der Waals surface area contributed by atoms with Crippen molar-refractivity contribution in [3.05, 3.63) is 69.7 Å². The predicted molar refractivity (Wildman–Crippen MR) is 110 cm³/mol. The zero-order chi connectivity index (χ0) is 20.3.